The van der Waals surface area contributed by atoms with Crippen LogP contribution in [0.2, 0.25) is 0 Å². The lowest BCUT2D eigenvalue weighted by molar-refractivity contribution is 0.199. The molecule has 1 aliphatic rings. The Kier molecular flexibility index (Phi) is 1.97. The van der Waals surface area contributed by atoms with E-state index in [2.05, 4.69) is 11.1 Å². The van der Waals surface area contributed by atoms with Crippen molar-refractivity contribution in [2.45, 2.75) is 5.44 Å². The van der Waals surface area contributed by atoms with E-state index in [1.54, 1.807) is 19.1 Å². The first-order valence-electron chi connectivity index (χ1n) is 2.18. The van der Waals surface area contributed by atoms with Crippen LogP contribution in [0.4, 0.5) is 0 Å². The lowest BCUT2D eigenvalue weighted by Crippen LogP contribution is -1.99. The van der Waals surface area contributed by atoms with Crippen LogP contribution in [0.5, 0.6) is 0 Å². The Balaban J connectivity index is 2.14. The fourth-order valence-corrected chi connectivity index (χ4v) is 1.11. The predicted octanol–water partition coefficient (Wildman–Crippen LogP) is 0.415. The van der Waals surface area contributed by atoms with Crippen molar-refractivity contribution in [1.82, 2.24) is 4.72 Å². The highest BCUT2D eigenvalue weighted by Gasteiger charge is 2.13. The predicted molar refractivity (Wildman–Crippen MR) is 30.7 cm³/mol. The molecular weight excluding hydrogens is 110 g/mol. The Morgan fingerprint density at radius 1 is 2.00 bits per heavy atom. The molecule has 3 heteroatoms. The van der Waals surface area contributed by atoms with Gasteiger partial charge in [-0.05, 0) is 11.9 Å². The minimum atomic E-state index is 0.278. The lowest BCUT2D eigenvalue weighted by Gasteiger charge is -1.99. The largest absolute Gasteiger partial charge is 0.369 e. The van der Waals surface area contributed by atoms with Gasteiger partial charge in [0.2, 0.25) is 0 Å². The van der Waals surface area contributed by atoms with Crippen LogP contribution in [0, 0.1) is 6.42 Å². The van der Waals surface area contributed by atoms with Crippen molar-refractivity contribution in [2.75, 3.05) is 13.7 Å². The first-order chi connectivity index (χ1) is 3.43. The molecule has 0 saturated carbocycles. The van der Waals surface area contributed by atoms with E-state index < -0.39 is 0 Å². The van der Waals surface area contributed by atoms with Gasteiger partial charge in [-0.25, -0.2) is 0 Å². The SMILES string of the molecule is COC1[CH]CNS1. The van der Waals surface area contributed by atoms with Crippen molar-refractivity contribution in [2.24, 2.45) is 0 Å². The van der Waals surface area contributed by atoms with E-state index >= 15 is 0 Å². The summed E-state index contributed by atoms with van der Waals surface area (Å²) in [6.45, 7) is 0.961. The monoisotopic (exact) mass is 118 g/mol. The van der Waals surface area contributed by atoms with Crippen molar-refractivity contribution < 1.29 is 4.74 Å². The number of nitrogens with one attached hydrogen (secondary N) is 1. The zero-order valence-electron chi connectivity index (χ0n) is 4.18. The van der Waals surface area contributed by atoms with Gasteiger partial charge in [0.05, 0.1) is 0 Å². The number of methoxy groups -OCH3 is 1. The van der Waals surface area contributed by atoms with Crippen molar-refractivity contribution >= 4 is 11.9 Å². The van der Waals surface area contributed by atoms with Crippen molar-refractivity contribution in [3.05, 3.63) is 6.42 Å². The van der Waals surface area contributed by atoms with Gasteiger partial charge in [0.1, 0.15) is 5.44 Å². The Labute approximate surface area is 47.8 Å². The first-order valence-corrected chi connectivity index (χ1v) is 3.06. The Morgan fingerprint density at radius 3 is 3.14 bits per heavy atom. The third-order valence-corrected chi connectivity index (χ3v) is 1.78. The summed E-state index contributed by atoms with van der Waals surface area (Å²) in [5.74, 6) is 0. The highest BCUT2D eigenvalue weighted by atomic mass is 32.2. The highest BCUT2D eigenvalue weighted by molar-refractivity contribution is 7.98. The number of hydrogen-bond acceptors (Lipinski definition) is 3. The fraction of sp³-hybridized carbons (Fsp3) is 0.750. The maximum absolute atomic E-state index is 4.96. The minimum Gasteiger partial charge on any atom is -0.369 e. The molecule has 0 aromatic carbocycles. The molecule has 0 aromatic heterocycles. The molecule has 1 rings (SSSR count). The van der Waals surface area contributed by atoms with Crippen LogP contribution >= 0.6 is 11.9 Å². The summed E-state index contributed by atoms with van der Waals surface area (Å²) in [4.78, 5) is 0. The van der Waals surface area contributed by atoms with Crippen LogP contribution in [0.15, 0.2) is 0 Å². The minimum absolute atomic E-state index is 0.278. The second kappa shape index (κ2) is 2.55. The molecule has 0 bridgehead atoms. The summed E-state index contributed by atoms with van der Waals surface area (Å²) in [5, 5.41) is 0. The van der Waals surface area contributed by atoms with Crippen LogP contribution in [0.1, 0.15) is 0 Å². The van der Waals surface area contributed by atoms with Crippen LogP contribution in [0.25, 0.3) is 0 Å². The van der Waals surface area contributed by atoms with Crippen molar-refractivity contribution in [3.8, 4) is 0 Å². The van der Waals surface area contributed by atoms with E-state index in [0.29, 0.717) is 0 Å². The molecule has 1 fully saturated rings. The van der Waals surface area contributed by atoms with Gasteiger partial charge < -0.3 is 4.74 Å². The fourth-order valence-electron chi connectivity index (χ4n) is 0.467. The smallest absolute Gasteiger partial charge is 0.121 e. The van der Waals surface area contributed by atoms with Gasteiger partial charge in [-0.3, -0.25) is 4.72 Å². The number of ether oxygens (including phenoxy) is 1. The Morgan fingerprint density at radius 2 is 2.86 bits per heavy atom. The molecule has 1 N–H and O–H groups in total. The molecule has 1 unspecified atom stereocenters. The normalized spacial score (nSPS) is 31.3. The van der Waals surface area contributed by atoms with Gasteiger partial charge in [0.15, 0.2) is 0 Å². The van der Waals surface area contributed by atoms with E-state index in [-0.39, 0.29) is 5.44 Å². The van der Waals surface area contributed by atoms with Gasteiger partial charge in [-0.2, -0.15) is 0 Å². The summed E-state index contributed by atoms with van der Waals surface area (Å²) in [7, 11) is 1.71. The van der Waals surface area contributed by atoms with Gasteiger partial charge in [0.25, 0.3) is 0 Å². The molecule has 0 spiro atoms. The van der Waals surface area contributed by atoms with Crippen molar-refractivity contribution in [3.63, 3.8) is 0 Å². The molecule has 0 aromatic rings. The zero-order chi connectivity index (χ0) is 5.11. The topological polar surface area (TPSA) is 21.3 Å². The quantitative estimate of drug-likeness (QED) is 0.504. The average molecular weight is 118 g/mol. The van der Waals surface area contributed by atoms with Crippen molar-refractivity contribution in [1.29, 1.82) is 0 Å². The third-order valence-electron chi connectivity index (χ3n) is 0.825. The Bertz CT molecular complexity index is 53.7. The van der Waals surface area contributed by atoms with Crippen LogP contribution in [0.3, 0.4) is 0 Å². The van der Waals surface area contributed by atoms with Gasteiger partial charge in [0, 0.05) is 20.1 Å². The molecule has 1 saturated heterocycles. The molecule has 0 amide bonds. The maximum atomic E-state index is 4.96. The summed E-state index contributed by atoms with van der Waals surface area (Å²) >= 11 is 1.61. The van der Waals surface area contributed by atoms with Crippen LogP contribution in [-0.4, -0.2) is 19.1 Å². The molecule has 1 heterocycles. The first kappa shape index (κ1) is 5.41. The van der Waals surface area contributed by atoms with Gasteiger partial charge in [-0.1, -0.05) is 0 Å². The number of hydrogen-bond donors (Lipinski definition) is 1. The average Bonchev–Trinajstić information content (AvgIpc) is 2.14. The molecule has 41 valence electrons. The Hall–Kier alpha value is 0.270. The lowest BCUT2D eigenvalue weighted by atomic mass is 10.5. The summed E-state index contributed by atoms with van der Waals surface area (Å²) in [6, 6.07) is 0. The second-order valence-corrected chi connectivity index (χ2v) is 2.30. The maximum Gasteiger partial charge on any atom is 0.121 e. The highest BCUT2D eigenvalue weighted by Crippen LogP contribution is 2.15. The second-order valence-electron chi connectivity index (χ2n) is 1.31. The standard InChI is InChI=1S/C4H8NOS/c1-6-4-2-3-5-7-4/h2,4-5H,3H2,1H3. The summed E-state index contributed by atoms with van der Waals surface area (Å²) in [6.07, 6.45) is 2.09. The zero-order valence-corrected chi connectivity index (χ0v) is 4.99. The molecule has 7 heavy (non-hydrogen) atoms. The van der Waals surface area contributed by atoms with E-state index in [0.717, 1.165) is 6.54 Å². The summed E-state index contributed by atoms with van der Waals surface area (Å²) < 4.78 is 8.02. The molecule has 2 nitrogen and oxygen atoms in total. The third kappa shape index (κ3) is 1.33. The molecular formula is C4H8NOS. The van der Waals surface area contributed by atoms with E-state index in [9.17, 15) is 0 Å². The number of rotatable bonds is 1. The van der Waals surface area contributed by atoms with Gasteiger partial charge >= 0.3 is 0 Å². The van der Waals surface area contributed by atoms with E-state index in [1.165, 1.54) is 0 Å². The van der Waals surface area contributed by atoms with Gasteiger partial charge in [-0.15, -0.1) is 0 Å². The molecule has 0 aliphatic carbocycles. The van der Waals surface area contributed by atoms with Crippen LogP contribution < -0.4 is 4.72 Å². The van der Waals surface area contributed by atoms with Crippen LogP contribution in [-0.2, 0) is 4.74 Å². The summed E-state index contributed by atoms with van der Waals surface area (Å²) in [5.41, 5.74) is 0.278. The molecule has 1 aliphatic heterocycles. The van der Waals surface area contributed by atoms with E-state index in [1.807, 2.05) is 0 Å². The molecule has 1 atom stereocenters. The molecule has 1 radical (unpaired) electrons. The van der Waals surface area contributed by atoms with E-state index in [4.69, 9.17) is 4.74 Å².